The van der Waals surface area contributed by atoms with Crippen molar-refractivity contribution in [1.29, 1.82) is 0 Å². The molecule has 2 rings (SSSR count). The number of aromatic nitrogens is 1. The van der Waals surface area contributed by atoms with Gasteiger partial charge in [-0.2, -0.15) is 13.2 Å². The normalized spacial score (nSPS) is 11.2. The number of nitrogen functional groups attached to an aromatic ring is 1. The molecule has 1 aromatic heterocycles. The van der Waals surface area contributed by atoms with E-state index in [1.807, 2.05) is 0 Å². The first-order chi connectivity index (χ1) is 9.88. The Bertz CT molecular complexity index is 642. The second kappa shape index (κ2) is 5.82. The Balaban J connectivity index is 2.15. The maximum absolute atomic E-state index is 12.6. The summed E-state index contributed by atoms with van der Waals surface area (Å²) >= 11 is 0. The molecule has 1 heterocycles. The highest BCUT2D eigenvalue weighted by Crippen LogP contribution is 2.31. The minimum Gasteiger partial charge on any atom is -0.398 e. The number of carbonyl (C=O) groups excluding carboxylic acids is 1. The third kappa shape index (κ3) is 3.71. The molecule has 3 N–H and O–H groups in total. The Kier molecular flexibility index (Phi) is 4.11. The number of nitrogens with two attached hydrogens (primary N) is 1. The Labute approximate surface area is 118 Å². The van der Waals surface area contributed by atoms with Crippen LogP contribution >= 0.6 is 0 Å². The number of alkyl halides is 3. The summed E-state index contributed by atoms with van der Waals surface area (Å²) in [5.74, 6) is -0.657. The van der Waals surface area contributed by atoms with Gasteiger partial charge in [0, 0.05) is 24.6 Å². The van der Waals surface area contributed by atoms with Crippen LogP contribution in [0.4, 0.5) is 18.9 Å². The van der Waals surface area contributed by atoms with Gasteiger partial charge in [0.05, 0.1) is 11.1 Å². The van der Waals surface area contributed by atoms with E-state index in [-0.39, 0.29) is 17.8 Å². The number of hydrogen-bond donors (Lipinski definition) is 2. The van der Waals surface area contributed by atoms with E-state index in [0.717, 1.165) is 23.8 Å². The van der Waals surface area contributed by atoms with Crippen LogP contribution in [0.1, 0.15) is 21.5 Å². The monoisotopic (exact) mass is 295 g/mol. The van der Waals surface area contributed by atoms with Gasteiger partial charge in [0.25, 0.3) is 5.91 Å². The predicted octanol–water partition coefficient (Wildman–Crippen LogP) is 2.61. The molecule has 4 nitrogen and oxygen atoms in total. The second-order valence-electron chi connectivity index (χ2n) is 4.34. The smallest absolute Gasteiger partial charge is 0.398 e. The van der Waals surface area contributed by atoms with Gasteiger partial charge in [-0.15, -0.1) is 0 Å². The highest BCUT2D eigenvalue weighted by Gasteiger charge is 2.31. The van der Waals surface area contributed by atoms with Gasteiger partial charge in [-0.3, -0.25) is 9.78 Å². The highest BCUT2D eigenvalue weighted by molar-refractivity contribution is 5.99. The maximum Gasteiger partial charge on any atom is 0.416 e. The Morgan fingerprint density at radius 3 is 2.48 bits per heavy atom. The van der Waals surface area contributed by atoms with Crippen LogP contribution in [-0.2, 0) is 12.7 Å². The van der Waals surface area contributed by atoms with Gasteiger partial charge >= 0.3 is 6.18 Å². The lowest BCUT2D eigenvalue weighted by Gasteiger charge is -2.11. The summed E-state index contributed by atoms with van der Waals surface area (Å²) in [6.07, 6.45) is -1.41. The Hall–Kier alpha value is -2.57. The van der Waals surface area contributed by atoms with Crippen molar-refractivity contribution in [3.05, 3.63) is 59.4 Å². The summed E-state index contributed by atoms with van der Waals surface area (Å²) in [7, 11) is 0. The van der Waals surface area contributed by atoms with Crippen molar-refractivity contribution in [2.45, 2.75) is 12.7 Å². The molecule has 0 spiro atoms. The molecule has 2 aromatic rings. The fraction of sp³-hybridized carbons (Fsp3) is 0.143. The SMILES string of the molecule is Nc1ccc(C(F)(F)F)cc1C(=O)NCc1ccncc1. The van der Waals surface area contributed by atoms with Gasteiger partial charge in [-0.25, -0.2) is 0 Å². The van der Waals surface area contributed by atoms with Gasteiger partial charge in [-0.1, -0.05) is 0 Å². The van der Waals surface area contributed by atoms with Crippen molar-refractivity contribution in [1.82, 2.24) is 10.3 Å². The van der Waals surface area contributed by atoms with E-state index in [2.05, 4.69) is 10.3 Å². The first-order valence-electron chi connectivity index (χ1n) is 6.02. The van der Waals surface area contributed by atoms with Crippen LogP contribution in [0, 0.1) is 0 Å². The fourth-order valence-corrected chi connectivity index (χ4v) is 1.71. The lowest BCUT2D eigenvalue weighted by molar-refractivity contribution is -0.137. The molecule has 7 heteroatoms. The lowest BCUT2D eigenvalue weighted by Crippen LogP contribution is -2.24. The zero-order chi connectivity index (χ0) is 15.5. The zero-order valence-corrected chi connectivity index (χ0v) is 10.8. The van der Waals surface area contributed by atoms with E-state index in [1.165, 1.54) is 0 Å². The molecule has 0 aliphatic heterocycles. The first-order valence-corrected chi connectivity index (χ1v) is 6.02. The van der Waals surface area contributed by atoms with Crippen molar-refractivity contribution in [3.63, 3.8) is 0 Å². The number of nitrogens with zero attached hydrogens (tertiary/aromatic N) is 1. The number of rotatable bonds is 3. The third-order valence-electron chi connectivity index (χ3n) is 2.83. The van der Waals surface area contributed by atoms with Crippen LogP contribution in [0.3, 0.4) is 0 Å². The molecule has 0 atom stereocenters. The van der Waals surface area contributed by atoms with Crippen molar-refractivity contribution < 1.29 is 18.0 Å². The van der Waals surface area contributed by atoms with Crippen molar-refractivity contribution in [3.8, 4) is 0 Å². The van der Waals surface area contributed by atoms with E-state index < -0.39 is 17.6 Å². The molecule has 21 heavy (non-hydrogen) atoms. The fourth-order valence-electron chi connectivity index (χ4n) is 1.71. The van der Waals surface area contributed by atoms with Crippen molar-refractivity contribution in [2.75, 3.05) is 5.73 Å². The Morgan fingerprint density at radius 2 is 1.86 bits per heavy atom. The largest absolute Gasteiger partial charge is 0.416 e. The average molecular weight is 295 g/mol. The lowest BCUT2D eigenvalue weighted by atomic mass is 10.1. The van der Waals surface area contributed by atoms with Crippen LogP contribution < -0.4 is 11.1 Å². The molecule has 0 unspecified atom stereocenters. The number of nitrogens with one attached hydrogen (secondary N) is 1. The summed E-state index contributed by atoms with van der Waals surface area (Å²) < 4.78 is 37.9. The van der Waals surface area contributed by atoms with E-state index in [9.17, 15) is 18.0 Å². The van der Waals surface area contributed by atoms with Crippen LogP contribution in [0.25, 0.3) is 0 Å². The molecular weight excluding hydrogens is 283 g/mol. The van der Waals surface area contributed by atoms with Crippen LogP contribution in [0.2, 0.25) is 0 Å². The molecule has 110 valence electrons. The van der Waals surface area contributed by atoms with Crippen LogP contribution in [0.5, 0.6) is 0 Å². The molecule has 0 bridgehead atoms. The van der Waals surface area contributed by atoms with Gasteiger partial charge < -0.3 is 11.1 Å². The molecule has 0 saturated carbocycles. The van der Waals surface area contributed by atoms with Gasteiger partial charge in [0.15, 0.2) is 0 Å². The van der Waals surface area contributed by atoms with Gasteiger partial charge in [0.1, 0.15) is 0 Å². The standard InChI is InChI=1S/C14H12F3N3O/c15-14(16,17)10-1-2-12(18)11(7-10)13(21)20-8-9-3-5-19-6-4-9/h1-7H,8,18H2,(H,20,21). The predicted molar refractivity (Wildman–Crippen MR) is 71.3 cm³/mol. The van der Waals surface area contributed by atoms with Crippen LogP contribution in [0.15, 0.2) is 42.7 Å². The molecule has 0 radical (unpaired) electrons. The Morgan fingerprint density at radius 1 is 1.19 bits per heavy atom. The van der Waals surface area contributed by atoms with Crippen molar-refractivity contribution in [2.24, 2.45) is 0 Å². The molecule has 0 aliphatic carbocycles. The minimum atomic E-state index is -4.52. The molecule has 1 aromatic carbocycles. The van der Waals surface area contributed by atoms with Crippen LogP contribution in [-0.4, -0.2) is 10.9 Å². The number of carbonyl (C=O) groups is 1. The zero-order valence-electron chi connectivity index (χ0n) is 10.8. The van der Waals surface area contributed by atoms with Crippen molar-refractivity contribution >= 4 is 11.6 Å². The molecule has 0 saturated heterocycles. The summed E-state index contributed by atoms with van der Waals surface area (Å²) in [5.41, 5.74) is 5.23. The van der Waals surface area contributed by atoms with Gasteiger partial charge in [0.2, 0.25) is 0 Å². The topological polar surface area (TPSA) is 68.0 Å². The number of pyridine rings is 1. The quantitative estimate of drug-likeness (QED) is 0.855. The maximum atomic E-state index is 12.6. The average Bonchev–Trinajstić information content (AvgIpc) is 2.45. The van der Waals surface area contributed by atoms with E-state index in [1.54, 1.807) is 24.5 Å². The summed E-state index contributed by atoms with van der Waals surface area (Å²) in [4.78, 5) is 15.8. The molecule has 0 fully saturated rings. The number of benzene rings is 1. The number of amides is 1. The number of anilines is 1. The highest BCUT2D eigenvalue weighted by atomic mass is 19.4. The van der Waals surface area contributed by atoms with E-state index >= 15 is 0 Å². The summed E-state index contributed by atoms with van der Waals surface area (Å²) in [6.45, 7) is 0.178. The number of hydrogen-bond acceptors (Lipinski definition) is 3. The summed E-state index contributed by atoms with van der Waals surface area (Å²) in [6, 6.07) is 6.04. The minimum absolute atomic E-state index is 0.00442. The molecule has 0 aliphatic rings. The van der Waals surface area contributed by atoms with E-state index in [4.69, 9.17) is 5.73 Å². The molecule has 1 amide bonds. The molecular formula is C14H12F3N3O. The first kappa shape index (κ1) is 14.8. The van der Waals surface area contributed by atoms with Gasteiger partial charge in [-0.05, 0) is 35.9 Å². The summed E-state index contributed by atoms with van der Waals surface area (Å²) in [5, 5.41) is 2.52. The van der Waals surface area contributed by atoms with E-state index in [0.29, 0.717) is 0 Å². The third-order valence-corrected chi connectivity index (χ3v) is 2.83. The second-order valence-corrected chi connectivity index (χ2v) is 4.34. The number of halogens is 3.